The third kappa shape index (κ3) is 4.44. The Kier molecular flexibility index (Phi) is 5.14. The number of benzene rings is 1. The van der Waals surface area contributed by atoms with Gasteiger partial charge in [-0.3, -0.25) is 9.59 Å². The van der Waals surface area contributed by atoms with Gasteiger partial charge < -0.3 is 14.7 Å². The van der Waals surface area contributed by atoms with E-state index >= 15 is 0 Å². The maximum Gasteiger partial charge on any atom is 0.308 e. The van der Waals surface area contributed by atoms with Gasteiger partial charge in [-0.15, -0.1) is 0 Å². The summed E-state index contributed by atoms with van der Waals surface area (Å²) in [6.07, 6.45) is 1.39. The molecule has 1 saturated heterocycles. The van der Waals surface area contributed by atoms with E-state index in [-0.39, 0.29) is 11.7 Å². The normalized spacial score (nSPS) is 17.8. The Bertz CT molecular complexity index is 503. The number of aliphatic carboxylic acids is 1. The Morgan fingerprint density at radius 3 is 2.67 bits per heavy atom. The standard InChI is InChI=1S/C15H18FNO4/c16-12-3-5-13(6-4-12)21-9-1-2-14(18)17-8-7-11(10-17)15(19)20/h3-6,11H,1-2,7-10H2,(H,19,20)/t11-/m1/s1. The van der Waals surface area contributed by atoms with Crippen LogP contribution in [0, 0.1) is 11.7 Å². The summed E-state index contributed by atoms with van der Waals surface area (Å²) in [5, 5.41) is 8.89. The quantitative estimate of drug-likeness (QED) is 0.814. The molecule has 6 heteroatoms. The molecule has 21 heavy (non-hydrogen) atoms. The molecule has 0 aromatic heterocycles. The molecular formula is C15H18FNO4. The Labute approximate surface area is 122 Å². The van der Waals surface area contributed by atoms with Crippen LogP contribution in [0.5, 0.6) is 5.75 Å². The van der Waals surface area contributed by atoms with Gasteiger partial charge in [-0.1, -0.05) is 0 Å². The van der Waals surface area contributed by atoms with E-state index in [1.807, 2.05) is 0 Å². The third-order valence-electron chi connectivity index (χ3n) is 3.51. The summed E-state index contributed by atoms with van der Waals surface area (Å²) in [6.45, 7) is 1.18. The second-order valence-corrected chi connectivity index (χ2v) is 5.07. The van der Waals surface area contributed by atoms with Crippen LogP contribution in [0.3, 0.4) is 0 Å². The van der Waals surface area contributed by atoms with Crippen molar-refractivity contribution in [1.29, 1.82) is 0 Å². The Morgan fingerprint density at radius 2 is 2.05 bits per heavy atom. The van der Waals surface area contributed by atoms with Gasteiger partial charge in [-0.05, 0) is 37.1 Å². The number of carbonyl (C=O) groups excluding carboxylic acids is 1. The molecule has 0 aliphatic carbocycles. The summed E-state index contributed by atoms with van der Waals surface area (Å²) in [7, 11) is 0. The highest BCUT2D eigenvalue weighted by Gasteiger charge is 2.30. The van der Waals surface area contributed by atoms with Crippen molar-refractivity contribution in [3.63, 3.8) is 0 Å². The zero-order valence-electron chi connectivity index (χ0n) is 11.6. The molecule has 5 nitrogen and oxygen atoms in total. The first kappa shape index (κ1) is 15.3. The lowest BCUT2D eigenvalue weighted by molar-refractivity contribution is -0.141. The van der Waals surface area contributed by atoms with E-state index in [2.05, 4.69) is 0 Å². The predicted molar refractivity (Wildman–Crippen MR) is 73.5 cm³/mol. The van der Waals surface area contributed by atoms with Crippen LogP contribution >= 0.6 is 0 Å². The number of halogens is 1. The van der Waals surface area contributed by atoms with E-state index in [4.69, 9.17) is 9.84 Å². The maximum atomic E-state index is 12.7. The van der Waals surface area contributed by atoms with Gasteiger partial charge in [0, 0.05) is 19.5 Å². The first-order chi connectivity index (χ1) is 10.1. The second kappa shape index (κ2) is 7.06. The van der Waals surface area contributed by atoms with Crippen LogP contribution in [-0.4, -0.2) is 41.6 Å². The summed E-state index contributed by atoms with van der Waals surface area (Å²) in [6, 6.07) is 5.71. The molecule has 2 rings (SSSR count). The van der Waals surface area contributed by atoms with Gasteiger partial charge in [0.25, 0.3) is 0 Å². The van der Waals surface area contributed by atoms with E-state index in [9.17, 15) is 14.0 Å². The number of carbonyl (C=O) groups is 2. The van der Waals surface area contributed by atoms with Crippen molar-refractivity contribution >= 4 is 11.9 Å². The fraction of sp³-hybridized carbons (Fsp3) is 0.467. The van der Waals surface area contributed by atoms with Gasteiger partial charge in [0.15, 0.2) is 0 Å². The van der Waals surface area contributed by atoms with Crippen LogP contribution in [0.15, 0.2) is 24.3 Å². The van der Waals surface area contributed by atoms with Gasteiger partial charge in [-0.25, -0.2) is 4.39 Å². The lowest BCUT2D eigenvalue weighted by Gasteiger charge is -2.15. The minimum absolute atomic E-state index is 0.0403. The first-order valence-electron chi connectivity index (χ1n) is 6.95. The fourth-order valence-corrected chi connectivity index (χ4v) is 2.29. The summed E-state index contributed by atoms with van der Waals surface area (Å²) >= 11 is 0. The van der Waals surface area contributed by atoms with Crippen LogP contribution in [0.1, 0.15) is 19.3 Å². The lowest BCUT2D eigenvalue weighted by Crippen LogP contribution is -2.30. The SMILES string of the molecule is O=C(O)[C@@H]1CCN(C(=O)CCCOc2ccc(F)cc2)C1. The minimum atomic E-state index is -0.843. The molecule has 0 radical (unpaired) electrons. The molecule has 1 aliphatic heterocycles. The zero-order chi connectivity index (χ0) is 15.2. The second-order valence-electron chi connectivity index (χ2n) is 5.07. The number of carboxylic acids is 1. The maximum absolute atomic E-state index is 12.7. The molecule has 1 amide bonds. The smallest absolute Gasteiger partial charge is 0.308 e. The monoisotopic (exact) mass is 295 g/mol. The molecule has 0 saturated carbocycles. The summed E-state index contributed by atoms with van der Waals surface area (Å²) < 4.78 is 18.1. The molecule has 1 fully saturated rings. The third-order valence-corrected chi connectivity index (χ3v) is 3.51. The average Bonchev–Trinajstić information content (AvgIpc) is 2.95. The molecule has 1 heterocycles. The van der Waals surface area contributed by atoms with Gasteiger partial charge in [-0.2, -0.15) is 0 Å². The number of ether oxygens (including phenoxy) is 1. The highest BCUT2D eigenvalue weighted by molar-refractivity contribution is 5.78. The fourth-order valence-electron chi connectivity index (χ4n) is 2.29. The molecule has 1 N–H and O–H groups in total. The van der Waals surface area contributed by atoms with Crippen molar-refractivity contribution in [2.45, 2.75) is 19.3 Å². The van der Waals surface area contributed by atoms with Crippen molar-refractivity contribution in [3.05, 3.63) is 30.1 Å². The number of hydrogen-bond donors (Lipinski definition) is 1. The van der Waals surface area contributed by atoms with Gasteiger partial charge in [0.2, 0.25) is 5.91 Å². The van der Waals surface area contributed by atoms with Gasteiger partial charge in [0.1, 0.15) is 11.6 Å². The number of amides is 1. The van der Waals surface area contributed by atoms with E-state index in [1.165, 1.54) is 24.3 Å². The first-order valence-corrected chi connectivity index (χ1v) is 6.95. The van der Waals surface area contributed by atoms with Crippen molar-refractivity contribution in [2.24, 2.45) is 5.92 Å². The highest BCUT2D eigenvalue weighted by atomic mass is 19.1. The molecule has 1 aromatic rings. The Balaban J connectivity index is 1.66. The van der Waals surface area contributed by atoms with Crippen LogP contribution in [-0.2, 0) is 9.59 Å². The number of likely N-dealkylation sites (tertiary alicyclic amines) is 1. The van der Waals surface area contributed by atoms with E-state index < -0.39 is 11.9 Å². The van der Waals surface area contributed by atoms with E-state index in [1.54, 1.807) is 4.90 Å². The van der Waals surface area contributed by atoms with Crippen molar-refractivity contribution in [1.82, 2.24) is 4.90 Å². The highest BCUT2D eigenvalue weighted by Crippen LogP contribution is 2.18. The molecule has 0 unspecified atom stereocenters. The number of carboxylic acid groups (broad SMARTS) is 1. The van der Waals surface area contributed by atoms with Gasteiger partial charge >= 0.3 is 5.97 Å². The summed E-state index contributed by atoms with van der Waals surface area (Å²) in [5.41, 5.74) is 0. The average molecular weight is 295 g/mol. The number of rotatable bonds is 6. The predicted octanol–water partition coefficient (Wildman–Crippen LogP) is 1.92. The van der Waals surface area contributed by atoms with Gasteiger partial charge in [0.05, 0.1) is 12.5 Å². The molecule has 1 aliphatic rings. The van der Waals surface area contributed by atoms with Crippen molar-refractivity contribution < 1.29 is 23.8 Å². The number of hydrogen-bond acceptors (Lipinski definition) is 3. The molecular weight excluding hydrogens is 277 g/mol. The molecule has 0 bridgehead atoms. The number of nitrogens with zero attached hydrogens (tertiary/aromatic N) is 1. The largest absolute Gasteiger partial charge is 0.494 e. The summed E-state index contributed by atoms with van der Waals surface area (Å²) in [4.78, 5) is 24.3. The van der Waals surface area contributed by atoms with Crippen LogP contribution in [0.2, 0.25) is 0 Å². The summed E-state index contributed by atoms with van der Waals surface area (Å²) in [5.74, 6) is -1.08. The van der Waals surface area contributed by atoms with Crippen molar-refractivity contribution in [3.8, 4) is 5.75 Å². The minimum Gasteiger partial charge on any atom is -0.494 e. The molecule has 1 atom stereocenters. The zero-order valence-corrected chi connectivity index (χ0v) is 11.6. The lowest BCUT2D eigenvalue weighted by atomic mass is 10.1. The van der Waals surface area contributed by atoms with E-state index in [0.29, 0.717) is 44.7 Å². The van der Waals surface area contributed by atoms with Crippen molar-refractivity contribution in [2.75, 3.05) is 19.7 Å². The van der Waals surface area contributed by atoms with Crippen LogP contribution in [0.25, 0.3) is 0 Å². The molecule has 1 aromatic carbocycles. The van der Waals surface area contributed by atoms with Crippen LogP contribution in [0.4, 0.5) is 4.39 Å². The Hall–Kier alpha value is -2.11. The molecule has 114 valence electrons. The Morgan fingerprint density at radius 1 is 1.33 bits per heavy atom. The topological polar surface area (TPSA) is 66.8 Å². The van der Waals surface area contributed by atoms with E-state index in [0.717, 1.165) is 0 Å². The molecule has 0 spiro atoms. The van der Waals surface area contributed by atoms with Crippen LogP contribution < -0.4 is 4.74 Å².